The number of hydrogen-bond donors (Lipinski definition) is 1. The Kier molecular flexibility index (Phi) is 1.92. The molecule has 0 radical (unpaired) electrons. The number of nitrogen functional groups attached to an aromatic ring is 1. The highest BCUT2D eigenvalue weighted by atomic mass is 15.3. The van der Waals surface area contributed by atoms with Gasteiger partial charge in [-0.3, -0.25) is 4.68 Å². The Balaban J connectivity index is 2.55. The molecule has 2 rings (SSSR count). The maximum Gasteiger partial charge on any atom is 0.220 e. The fraction of sp³-hybridized carbons (Fsp3) is 0.222. The fourth-order valence-corrected chi connectivity index (χ4v) is 1.27. The lowest BCUT2D eigenvalue weighted by atomic mass is 10.2. The zero-order chi connectivity index (χ0) is 10.1. The van der Waals surface area contributed by atoms with E-state index in [1.54, 1.807) is 17.1 Å². The van der Waals surface area contributed by atoms with Gasteiger partial charge in [-0.25, -0.2) is 9.97 Å². The molecule has 14 heavy (non-hydrogen) atoms. The van der Waals surface area contributed by atoms with Gasteiger partial charge in [0.1, 0.15) is 0 Å². The summed E-state index contributed by atoms with van der Waals surface area (Å²) in [5.74, 6) is 0.283. The molecule has 2 heterocycles. The van der Waals surface area contributed by atoms with Gasteiger partial charge in [-0.2, -0.15) is 5.10 Å². The van der Waals surface area contributed by atoms with E-state index in [0.717, 1.165) is 17.0 Å². The van der Waals surface area contributed by atoms with E-state index >= 15 is 0 Å². The third kappa shape index (κ3) is 1.32. The first kappa shape index (κ1) is 8.68. The number of anilines is 1. The molecule has 0 amide bonds. The van der Waals surface area contributed by atoms with Gasteiger partial charge in [-0.15, -0.1) is 0 Å². The second-order valence-corrected chi connectivity index (χ2v) is 3.07. The van der Waals surface area contributed by atoms with Crippen LogP contribution in [0.5, 0.6) is 0 Å². The standard InChI is InChI=1S/C9H11N5/c1-6-7(5-12-14(6)2)8-3-4-11-9(10)13-8/h3-5H,1-2H3,(H2,10,11,13). The van der Waals surface area contributed by atoms with Crippen LogP contribution in [-0.2, 0) is 7.05 Å². The van der Waals surface area contributed by atoms with Gasteiger partial charge in [0.15, 0.2) is 0 Å². The summed E-state index contributed by atoms with van der Waals surface area (Å²) in [5, 5.41) is 4.14. The first-order valence-corrected chi connectivity index (χ1v) is 4.26. The van der Waals surface area contributed by atoms with E-state index in [0.29, 0.717) is 0 Å². The largest absolute Gasteiger partial charge is 0.368 e. The van der Waals surface area contributed by atoms with Crippen molar-refractivity contribution in [2.75, 3.05) is 5.73 Å². The smallest absolute Gasteiger partial charge is 0.220 e. The quantitative estimate of drug-likeness (QED) is 0.719. The van der Waals surface area contributed by atoms with E-state index in [9.17, 15) is 0 Å². The van der Waals surface area contributed by atoms with E-state index in [4.69, 9.17) is 5.73 Å². The van der Waals surface area contributed by atoms with Crippen molar-refractivity contribution in [1.29, 1.82) is 0 Å². The number of aryl methyl sites for hydroxylation is 1. The first-order valence-electron chi connectivity index (χ1n) is 4.26. The van der Waals surface area contributed by atoms with Gasteiger partial charge in [-0.05, 0) is 13.0 Å². The van der Waals surface area contributed by atoms with Crippen molar-refractivity contribution < 1.29 is 0 Å². The molecule has 2 aromatic rings. The van der Waals surface area contributed by atoms with Crippen molar-refractivity contribution in [3.8, 4) is 11.3 Å². The van der Waals surface area contributed by atoms with E-state index < -0.39 is 0 Å². The lowest BCUT2D eigenvalue weighted by Gasteiger charge is -1.99. The predicted octanol–water partition coefficient (Wildman–Crippen LogP) is 0.768. The normalized spacial score (nSPS) is 10.4. The molecule has 72 valence electrons. The molecule has 0 bridgehead atoms. The Morgan fingerprint density at radius 1 is 1.43 bits per heavy atom. The SMILES string of the molecule is Cc1c(-c2ccnc(N)n2)cnn1C. The summed E-state index contributed by atoms with van der Waals surface area (Å²) >= 11 is 0. The van der Waals surface area contributed by atoms with Crippen molar-refractivity contribution >= 4 is 5.95 Å². The van der Waals surface area contributed by atoms with Crippen molar-refractivity contribution in [3.05, 3.63) is 24.2 Å². The molecule has 5 heteroatoms. The maximum atomic E-state index is 5.50. The number of hydrogen-bond acceptors (Lipinski definition) is 4. The molecule has 0 saturated carbocycles. The van der Waals surface area contributed by atoms with Crippen LogP contribution in [0.1, 0.15) is 5.69 Å². The van der Waals surface area contributed by atoms with Crippen LogP contribution in [0.15, 0.2) is 18.5 Å². The van der Waals surface area contributed by atoms with Gasteiger partial charge in [0.2, 0.25) is 5.95 Å². The predicted molar refractivity (Wildman–Crippen MR) is 53.4 cm³/mol. The summed E-state index contributed by atoms with van der Waals surface area (Å²) in [7, 11) is 1.89. The Hall–Kier alpha value is -1.91. The van der Waals surface area contributed by atoms with Crippen LogP contribution in [0, 0.1) is 6.92 Å². The van der Waals surface area contributed by atoms with Crippen LogP contribution in [-0.4, -0.2) is 19.7 Å². The first-order chi connectivity index (χ1) is 6.68. The molecule has 0 fully saturated rings. The van der Waals surface area contributed by atoms with E-state index in [2.05, 4.69) is 15.1 Å². The minimum absolute atomic E-state index is 0.283. The number of nitrogens with zero attached hydrogens (tertiary/aromatic N) is 4. The average molecular weight is 189 g/mol. The van der Waals surface area contributed by atoms with Gasteiger partial charge in [0, 0.05) is 24.5 Å². The van der Waals surface area contributed by atoms with Crippen LogP contribution in [0.25, 0.3) is 11.3 Å². The third-order valence-electron chi connectivity index (χ3n) is 2.19. The number of rotatable bonds is 1. The average Bonchev–Trinajstić information content (AvgIpc) is 2.48. The molecule has 0 aromatic carbocycles. The summed E-state index contributed by atoms with van der Waals surface area (Å²) in [6.45, 7) is 1.99. The highest BCUT2D eigenvalue weighted by Crippen LogP contribution is 2.19. The molecule has 0 spiro atoms. The van der Waals surface area contributed by atoms with Gasteiger partial charge in [0.05, 0.1) is 11.9 Å². The second kappa shape index (κ2) is 3.10. The molecule has 0 aliphatic rings. The zero-order valence-corrected chi connectivity index (χ0v) is 8.10. The highest BCUT2D eigenvalue weighted by molar-refractivity contribution is 5.61. The molecule has 0 saturated heterocycles. The molecule has 2 aromatic heterocycles. The lowest BCUT2D eigenvalue weighted by Crippen LogP contribution is -1.96. The topological polar surface area (TPSA) is 69.6 Å². The summed E-state index contributed by atoms with van der Waals surface area (Å²) < 4.78 is 1.80. The van der Waals surface area contributed by atoms with Crippen LogP contribution < -0.4 is 5.73 Å². The summed E-state index contributed by atoms with van der Waals surface area (Å²) in [5.41, 5.74) is 8.36. The number of aromatic nitrogens is 4. The van der Waals surface area contributed by atoms with Crippen molar-refractivity contribution in [2.45, 2.75) is 6.92 Å². The maximum absolute atomic E-state index is 5.50. The van der Waals surface area contributed by atoms with Gasteiger partial charge in [-0.1, -0.05) is 0 Å². The Morgan fingerprint density at radius 2 is 2.21 bits per heavy atom. The summed E-state index contributed by atoms with van der Waals surface area (Å²) in [4.78, 5) is 7.97. The molecular formula is C9H11N5. The molecule has 0 unspecified atom stereocenters. The minimum atomic E-state index is 0.283. The van der Waals surface area contributed by atoms with Crippen LogP contribution in [0.4, 0.5) is 5.95 Å². The van der Waals surface area contributed by atoms with E-state index in [1.807, 2.05) is 20.0 Å². The van der Waals surface area contributed by atoms with Crippen molar-refractivity contribution in [1.82, 2.24) is 19.7 Å². The molecule has 2 N–H and O–H groups in total. The van der Waals surface area contributed by atoms with Crippen molar-refractivity contribution in [2.24, 2.45) is 7.05 Å². The van der Waals surface area contributed by atoms with Crippen LogP contribution >= 0.6 is 0 Å². The minimum Gasteiger partial charge on any atom is -0.368 e. The fourth-order valence-electron chi connectivity index (χ4n) is 1.27. The number of nitrogens with two attached hydrogens (primary N) is 1. The summed E-state index contributed by atoms with van der Waals surface area (Å²) in [6.07, 6.45) is 3.42. The Labute approximate surface area is 81.6 Å². The Bertz CT molecular complexity index is 460. The molecule has 5 nitrogen and oxygen atoms in total. The molecule has 0 atom stereocenters. The van der Waals surface area contributed by atoms with E-state index in [1.165, 1.54) is 0 Å². The van der Waals surface area contributed by atoms with Crippen LogP contribution in [0.3, 0.4) is 0 Å². The van der Waals surface area contributed by atoms with Crippen LogP contribution in [0.2, 0.25) is 0 Å². The lowest BCUT2D eigenvalue weighted by molar-refractivity contribution is 0.740. The van der Waals surface area contributed by atoms with Gasteiger partial charge < -0.3 is 5.73 Å². The van der Waals surface area contributed by atoms with Crippen molar-refractivity contribution in [3.63, 3.8) is 0 Å². The summed E-state index contributed by atoms with van der Waals surface area (Å²) in [6, 6.07) is 1.82. The zero-order valence-electron chi connectivity index (χ0n) is 8.10. The molecule has 0 aliphatic heterocycles. The van der Waals surface area contributed by atoms with E-state index in [-0.39, 0.29) is 5.95 Å². The molecule has 0 aliphatic carbocycles. The molecular weight excluding hydrogens is 178 g/mol. The highest BCUT2D eigenvalue weighted by Gasteiger charge is 2.07. The third-order valence-corrected chi connectivity index (χ3v) is 2.19. The monoisotopic (exact) mass is 189 g/mol. The Morgan fingerprint density at radius 3 is 2.79 bits per heavy atom. The van der Waals surface area contributed by atoms with Gasteiger partial charge >= 0.3 is 0 Å². The van der Waals surface area contributed by atoms with Gasteiger partial charge in [0.25, 0.3) is 0 Å². The second-order valence-electron chi connectivity index (χ2n) is 3.07.